The number of allylic oxidation sites excluding steroid dienone is 1. The molecule has 3 aromatic carbocycles. The van der Waals surface area contributed by atoms with E-state index in [-0.39, 0.29) is 45.0 Å². The van der Waals surface area contributed by atoms with E-state index in [1.54, 1.807) is 66.9 Å². The molecule has 0 radical (unpaired) electrons. The van der Waals surface area contributed by atoms with Crippen LogP contribution in [0.5, 0.6) is 11.5 Å². The number of ether oxygens (including phenoxy) is 6. The highest BCUT2D eigenvalue weighted by atomic mass is 35.5. The van der Waals surface area contributed by atoms with Crippen molar-refractivity contribution >= 4 is 86.1 Å². The van der Waals surface area contributed by atoms with E-state index in [2.05, 4.69) is 26.6 Å². The number of aliphatic hydroxyl groups excluding tert-OH is 4. The minimum absolute atomic E-state index is 0.00543. The van der Waals surface area contributed by atoms with Crippen LogP contribution in [0.15, 0.2) is 77.7 Å². The van der Waals surface area contributed by atoms with E-state index in [0.717, 1.165) is 18.9 Å². The Morgan fingerprint density at radius 1 is 0.838 bits per heavy atom. The van der Waals surface area contributed by atoms with Gasteiger partial charge in [-0.2, -0.15) is 0 Å². The van der Waals surface area contributed by atoms with Crippen molar-refractivity contribution in [3.05, 3.63) is 99.6 Å². The number of pyridine rings is 1. The van der Waals surface area contributed by atoms with E-state index in [4.69, 9.17) is 64.5 Å². The van der Waals surface area contributed by atoms with Crippen molar-refractivity contribution in [1.29, 1.82) is 0 Å². The van der Waals surface area contributed by atoms with Crippen LogP contribution < -0.4 is 46.4 Å². The van der Waals surface area contributed by atoms with Crippen molar-refractivity contribution in [3.63, 3.8) is 0 Å². The van der Waals surface area contributed by atoms with E-state index in [0.29, 0.717) is 78.8 Å². The van der Waals surface area contributed by atoms with Gasteiger partial charge in [-0.1, -0.05) is 23.8 Å². The van der Waals surface area contributed by atoms with Crippen molar-refractivity contribution in [2.75, 3.05) is 49.4 Å². The lowest BCUT2D eigenvalue weighted by molar-refractivity contribution is -0.273. The van der Waals surface area contributed by atoms with E-state index < -0.39 is 96.3 Å². The van der Waals surface area contributed by atoms with Crippen LogP contribution in [0.2, 0.25) is 5.02 Å². The highest BCUT2D eigenvalue weighted by Crippen LogP contribution is 2.45. The average Bonchev–Trinajstić information content (AvgIpc) is 4.37. The standard InChI is InChI=1S/C55H67ClFN7O14S2/c1-26-43(65)48(73-3)46(68)52(75-26)77-32-17-11-29(12-18-32)59-54(79)58-21-6-5-9-39(62-55(80)60-30-13-19-33(20-14-30)78-53-47(69)49(74-4)44(66)27(2)76-53)50(70)61-38-10-7-8-28-23-63(24-35(28)38)42-37(57)22-34-41(40(42)56)64(31-15-16-31)25-36(45(34)67)51(71)72/h7,10-14,17-20,22,25-28,31,35,38-39,43-44,46-49,52-53,65-66,68-69H,5-6,8-9,15-16,21,23-24H2,1-4H3,(H,61,70)(H,71,72)(H2,58,59,79)(H2,60,62,80)/t26-,27-,28+,35-,38+,39-,43+,44+,46-,47-,48+,49+,52+,53+/m0/s1. The Labute approximate surface area is 476 Å². The molecule has 25 heteroatoms. The predicted octanol–water partition coefficient (Wildman–Crippen LogP) is 4.56. The number of carbonyl (C=O) groups is 2. The maximum Gasteiger partial charge on any atom is 0.341 e. The summed E-state index contributed by atoms with van der Waals surface area (Å²) in [5, 5.41) is 68.3. The van der Waals surface area contributed by atoms with E-state index in [1.165, 1.54) is 20.4 Å². The zero-order valence-electron chi connectivity index (χ0n) is 44.3. The Balaban J connectivity index is 0.835. The third kappa shape index (κ3) is 13.1. The summed E-state index contributed by atoms with van der Waals surface area (Å²) in [7, 11) is 2.78. The molecule has 14 atom stereocenters. The first-order valence-corrected chi connectivity index (χ1v) is 27.8. The quantitative estimate of drug-likeness (QED) is 0.0350. The fourth-order valence-corrected chi connectivity index (χ4v) is 11.8. The number of nitrogens with one attached hydrogen (secondary N) is 5. The van der Waals surface area contributed by atoms with Gasteiger partial charge in [-0.05, 0) is 137 Å². The molecule has 80 heavy (non-hydrogen) atoms. The first-order valence-electron chi connectivity index (χ1n) is 26.6. The number of rotatable bonds is 19. The van der Waals surface area contributed by atoms with Crippen LogP contribution in [0.25, 0.3) is 10.9 Å². The van der Waals surface area contributed by atoms with Gasteiger partial charge in [0.2, 0.25) is 23.9 Å². The summed E-state index contributed by atoms with van der Waals surface area (Å²) < 4.78 is 51.7. The van der Waals surface area contributed by atoms with Crippen molar-refractivity contribution in [2.45, 2.75) is 132 Å². The lowest BCUT2D eigenvalue weighted by Crippen LogP contribution is -2.59. The van der Waals surface area contributed by atoms with Crippen molar-refractivity contribution in [3.8, 4) is 11.5 Å². The maximum atomic E-state index is 16.3. The molecule has 2 aliphatic carbocycles. The molecule has 9 rings (SSSR count). The summed E-state index contributed by atoms with van der Waals surface area (Å²) >= 11 is 18.4. The minimum Gasteiger partial charge on any atom is -0.477 e. The molecular formula is C55H67ClFN7O14S2. The van der Waals surface area contributed by atoms with Crippen molar-refractivity contribution in [1.82, 2.24) is 20.5 Å². The number of fused-ring (bicyclic) bond motifs is 2. The first kappa shape index (κ1) is 58.9. The van der Waals surface area contributed by atoms with E-state index >= 15 is 4.39 Å². The number of carboxylic acid groups (broad SMARTS) is 1. The molecule has 1 aromatic heterocycles. The fourth-order valence-electron chi connectivity index (χ4n) is 10.9. The monoisotopic (exact) mass is 1170 g/mol. The van der Waals surface area contributed by atoms with Gasteiger partial charge < -0.3 is 90.0 Å². The highest BCUT2D eigenvalue weighted by Gasteiger charge is 2.46. The molecule has 0 spiro atoms. The SMILES string of the molecule is CO[C@H]1[C@H](O)[C@@H](Oc2ccc(NC(=S)NCCCC[C@H](NC(=S)Nc3ccc(O[C@H]4O[C@@H](C)[C@@H](O)[C@@H](OC)[C@@H]4O)cc3)C(=O)N[C@@H]3C=CC[C@@H]4CN(c5c(F)cc6c(=O)c(C(=O)O)cn(C7CC7)c6c5Cl)C[C@@H]43)cc2)O[C@@H](C)[C@H]1O. The Hall–Kier alpha value is -5.77. The van der Waals surface area contributed by atoms with Gasteiger partial charge >= 0.3 is 5.97 Å². The maximum absolute atomic E-state index is 16.3. The number of aliphatic hydroxyl groups is 4. The fraction of sp³-hybridized carbons (Fsp3) is 0.509. The highest BCUT2D eigenvalue weighted by molar-refractivity contribution is 7.80. The van der Waals surface area contributed by atoms with E-state index in [1.807, 2.05) is 17.1 Å². The largest absolute Gasteiger partial charge is 0.477 e. The molecule has 0 bridgehead atoms. The molecule has 1 amide bonds. The van der Waals surface area contributed by atoms with Crippen LogP contribution in [0.1, 0.15) is 68.8 Å². The van der Waals surface area contributed by atoms with Crippen LogP contribution in [0, 0.1) is 17.7 Å². The molecule has 1 saturated carbocycles. The number of carboxylic acids is 1. The number of carbonyl (C=O) groups excluding carboxylic acids is 1. The zero-order valence-corrected chi connectivity index (χ0v) is 46.7. The Morgan fingerprint density at radius 3 is 1.96 bits per heavy atom. The lowest BCUT2D eigenvalue weighted by Gasteiger charge is -2.40. The third-order valence-electron chi connectivity index (χ3n) is 15.4. The summed E-state index contributed by atoms with van der Waals surface area (Å²) in [6, 6.07) is 13.3. The van der Waals surface area contributed by atoms with Gasteiger partial charge in [-0.3, -0.25) is 9.59 Å². The normalized spacial score (nSPS) is 28.6. The number of hydrogen-bond donors (Lipinski definition) is 10. The second kappa shape index (κ2) is 25.6. The molecule has 4 aromatic rings. The zero-order chi connectivity index (χ0) is 57.1. The number of nitrogens with zero attached hydrogens (tertiary/aromatic N) is 2. The molecule has 3 aliphatic heterocycles. The Morgan fingerprint density at radius 2 is 1.41 bits per heavy atom. The summed E-state index contributed by atoms with van der Waals surface area (Å²) in [4.78, 5) is 41.7. The van der Waals surface area contributed by atoms with Crippen LogP contribution in [-0.4, -0.2) is 160 Å². The van der Waals surface area contributed by atoms with Gasteiger partial charge in [0.05, 0.1) is 39.9 Å². The second-order valence-electron chi connectivity index (χ2n) is 20.9. The van der Waals surface area contributed by atoms with Crippen molar-refractivity contribution in [2.24, 2.45) is 11.8 Å². The summed E-state index contributed by atoms with van der Waals surface area (Å²) in [5.41, 5.74) is 0.400. The van der Waals surface area contributed by atoms with Gasteiger partial charge in [0.1, 0.15) is 65.5 Å². The number of anilines is 3. The number of hydrogen-bond acceptors (Lipinski definition) is 16. The molecule has 0 unspecified atom stereocenters. The number of unbranched alkanes of at least 4 members (excludes halogenated alkanes) is 1. The number of benzene rings is 3. The predicted molar refractivity (Wildman–Crippen MR) is 303 cm³/mol. The second-order valence-corrected chi connectivity index (χ2v) is 22.0. The number of methoxy groups -OCH3 is 2. The molecule has 4 fully saturated rings. The molecule has 3 saturated heterocycles. The number of aromatic carboxylic acids is 1. The third-order valence-corrected chi connectivity index (χ3v) is 16.2. The number of thiocarbonyl (C=S) groups is 2. The summed E-state index contributed by atoms with van der Waals surface area (Å²) in [5.74, 6) is -1.83. The summed E-state index contributed by atoms with van der Waals surface area (Å²) in [6.45, 7) is 4.53. The molecular weight excluding hydrogens is 1100 g/mol. The van der Waals surface area contributed by atoms with Gasteiger partial charge in [0.15, 0.2) is 10.2 Å². The lowest BCUT2D eigenvalue weighted by atomic mass is 9.82. The molecule has 432 valence electrons. The smallest absolute Gasteiger partial charge is 0.341 e. The van der Waals surface area contributed by atoms with Gasteiger partial charge in [-0.25, -0.2) is 9.18 Å². The van der Waals surface area contributed by atoms with Crippen LogP contribution in [0.4, 0.5) is 21.5 Å². The molecule has 21 nitrogen and oxygen atoms in total. The Bertz CT molecular complexity index is 3000. The van der Waals surface area contributed by atoms with Crippen LogP contribution in [0.3, 0.4) is 0 Å². The molecule has 4 heterocycles. The van der Waals surface area contributed by atoms with E-state index in [9.17, 15) is 39.9 Å². The first-order chi connectivity index (χ1) is 38.3. The van der Waals surface area contributed by atoms with Crippen LogP contribution >= 0.6 is 36.0 Å². The van der Waals surface area contributed by atoms with Gasteiger partial charge in [0.25, 0.3) is 0 Å². The minimum atomic E-state index is -1.40. The van der Waals surface area contributed by atoms with Gasteiger partial charge in [-0.15, -0.1) is 0 Å². The Kier molecular flexibility index (Phi) is 18.8. The topological polar surface area (TPSA) is 276 Å². The molecule has 10 N–H and O–H groups in total. The number of halogens is 2. The number of amides is 1. The van der Waals surface area contributed by atoms with Crippen LogP contribution in [-0.2, 0) is 23.7 Å². The summed E-state index contributed by atoms with van der Waals surface area (Å²) in [6.07, 6.45) is -0.807. The average molecular weight is 1170 g/mol. The number of aromatic nitrogens is 1. The van der Waals surface area contributed by atoms with Crippen molar-refractivity contribution < 1.29 is 67.9 Å². The molecule has 5 aliphatic rings. The van der Waals surface area contributed by atoms with Gasteiger partial charge in [0, 0.05) is 63.4 Å².